The van der Waals surface area contributed by atoms with Crippen molar-refractivity contribution < 1.29 is 0 Å². The molecule has 0 saturated carbocycles. The molecular weight excluding hydrogens is 156 g/mol. The van der Waals surface area contributed by atoms with E-state index in [9.17, 15) is 0 Å². The summed E-state index contributed by atoms with van der Waals surface area (Å²) in [5.41, 5.74) is 2.98. The maximum Gasteiger partial charge on any atom is -0.00915 e. The lowest BCUT2D eigenvalue weighted by Gasteiger charge is -1.99. The Hall–Kier alpha value is -1.04. The van der Waals surface area contributed by atoms with Crippen molar-refractivity contribution in [3.8, 4) is 0 Å². The first-order valence-electron chi connectivity index (χ1n) is 5.10. The van der Waals surface area contributed by atoms with Gasteiger partial charge in [0.2, 0.25) is 0 Å². The van der Waals surface area contributed by atoms with Crippen LogP contribution in [0, 0.1) is 0 Å². The van der Waals surface area contributed by atoms with Gasteiger partial charge in [-0.15, -0.1) is 0 Å². The molecule has 0 heterocycles. The Morgan fingerprint density at radius 1 is 0.923 bits per heavy atom. The molecule has 0 radical (unpaired) electrons. The minimum Gasteiger partial charge on any atom is -0.0801 e. The van der Waals surface area contributed by atoms with Crippen molar-refractivity contribution in [2.75, 3.05) is 0 Å². The zero-order chi connectivity index (χ0) is 9.52. The molecule has 2 aliphatic rings. The van der Waals surface area contributed by atoms with Crippen molar-refractivity contribution in [1.82, 2.24) is 0 Å². The Balaban J connectivity index is 0.000000251. The quantitative estimate of drug-likeness (QED) is 0.559. The summed E-state index contributed by atoms with van der Waals surface area (Å²) >= 11 is 0. The summed E-state index contributed by atoms with van der Waals surface area (Å²) < 4.78 is 0. The van der Waals surface area contributed by atoms with Crippen LogP contribution >= 0.6 is 0 Å². The minimum absolute atomic E-state index is 1.13. The highest BCUT2D eigenvalue weighted by atomic mass is 14.1. The van der Waals surface area contributed by atoms with E-state index in [2.05, 4.69) is 50.3 Å². The average Bonchev–Trinajstić information content (AvgIpc) is 2.78. The van der Waals surface area contributed by atoms with Crippen LogP contribution in [-0.4, -0.2) is 0 Å². The topological polar surface area (TPSA) is 0 Å². The smallest absolute Gasteiger partial charge is 0.00915 e. The van der Waals surface area contributed by atoms with Crippen LogP contribution in [-0.2, 0) is 0 Å². The Bertz CT molecular complexity index is 234. The fourth-order valence-corrected chi connectivity index (χ4v) is 1.37. The molecule has 0 unspecified atom stereocenters. The third kappa shape index (κ3) is 3.06. The molecular formula is C13H18. The van der Waals surface area contributed by atoms with E-state index < -0.39 is 0 Å². The van der Waals surface area contributed by atoms with E-state index in [1.165, 1.54) is 17.6 Å². The fraction of sp³-hybridized carbons (Fsp3) is 0.385. The highest BCUT2D eigenvalue weighted by Gasteiger charge is 2.05. The van der Waals surface area contributed by atoms with Crippen molar-refractivity contribution in [1.29, 1.82) is 0 Å². The van der Waals surface area contributed by atoms with Gasteiger partial charge in [-0.05, 0) is 24.0 Å². The Kier molecular flexibility index (Phi) is 4.31. The van der Waals surface area contributed by atoms with Gasteiger partial charge in [-0.2, -0.15) is 0 Å². The van der Waals surface area contributed by atoms with Crippen LogP contribution in [0.5, 0.6) is 0 Å². The Labute approximate surface area is 81.4 Å². The molecule has 0 amide bonds. The van der Waals surface area contributed by atoms with Crippen LogP contribution in [0.1, 0.15) is 33.1 Å². The van der Waals surface area contributed by atoms with Crippen LogP contribution in [0.4, 0.5) is 0 Å². The van der Waals surface area contributed by atoms with Gasteiger partial charge in [0.05, 0.1) is 0 Å². The lowest BCUT2D eigenvalue weighted by molar-refractivity contribution is 1.09. The van der Waals surface area contributed by atoms with Crippen molar-refractivity contribution in [3.05, 3.63) is 47.6 Å². The molecule has 0 nitrogen and oxygen atoms in total. The maximum absolute atomic E-state index is 2.21. The minimum atomic E-state index is 1.13. The largest absolute Gasteiger partial charge is 0.0801 e. The number of hydrogen-bond donors (Lipinski definition) is 0. The van der Waals surface area contributed by atoms with Crippen molar-refractivity contribution >= 4 is 0 Å². The number of allylic oxidation sites excluding steroid dienone is 8. The van der Waals surface area contributed by atoms with Crippen molar-refractivity contribution in [2.45, 2.75) is 33.1 Å². The van der Waals surface area contributed by atoms with E-state index in [4.69, 9.17) is 0 Å². The summed E-state index contributed by atoms with van der Waals surface area (Å²) in [6, 6.07) is 0. The molecule has 0 aromatic heterocycles. The van der Waals surface area contributed by atoms with Gasteiger partial charge < -0.3 is 0 Å². The van der Waals surface area contributed by atoms with Crippen LogP contribution < -0.4 is 0 Å². The zero-order valence-corrected chi connectivity index (χ0v) is 8.59. The Morgan fingerprint density at radius 3 is 1.54 bits per heavy atom. The second kappa shape index (κ2) is 5.58. The van der Waals surface area contributed by atoms with E-state index in [1.807, 2.05) is 0 Å². The molecule has 0 heteroatoms. The van der Waals surface area contributed by atoms with E-state index >= 15 is 0 Å². The molecule has 70 valence electrons. The molecule has 0 N–H and O–H groups in total. The molecule has 0 fully saturated rings. The molecule has 13 heavy (non-hydrogen) atoms. The summed E-state index contributed by atoms with van der Waals surface area (Å²) in [5, 5.41) is 0. The highest BCUT2D eigenvalue weighted by molar-refractivity contribution is 5.44. The molecule has 0 spiro atoms. The normalized spacial score (nSPS) is 18.0. The fourth-order valence-electron chi connectivity index (χ4n) is 1.37. The first-order valence-corrected chi connectivity index (χ1v) is 5.10. The van der Waals surface area contributed by atoms with Crippen molar-refractivity contribution in [2.24, 2.45) is 0 Å². The van der Waals surface area contributed by atoms with Gasteiger partial charge in [0.25, 0.3) is 0 Å². The summed E-state index contributed by atoms with van der Waals surface area (Å²) in [6.45, 7) is 4.25. The SMILES string of the molecule is C1=CCC(C2=CC=CC2)=C1.CCC. The van der Waals surface area contributed by atoms with Gasteiger partial charge in [0, 0.05) is 0 Å². The molecule has 0 aromatic carbocycles. The summed E-state index contributed by atoms with van der Waals surface area (Å²) in [5.74, 6) is 0. The third-order valence-corrected chi connectivity index (χ3v) is 1.95. The maximum atomic E-state index is 2.21. The van der Waals surface area contributed by atoms with E-state index in [-0.39, 0.29) is 0 Å². The highest BCUT2D eigenvalue weighted by Crippen LogP contribution is 2.25. The van der Waals surface area contributed by atoms with Crippen molar-refractivity contribution in [3.63, 3.8) is 0 Å². The summed E-state index contributed by atoms with van der Waals surface area (Å²) in [4.78, 5) is 0. The van der Waals surface area contributed by atoms with E-state index in [1.54, 1.807) is 0 Å². The van der Waals surface area contributed by atoms with Gasteiger partial charge in [0.15, 0.2) is 0 Å². The molecule has 2 rings (SSSR count). The summed E-state index contributed by atoms with van der Waals surface area (Å²) in [7, 11) is 0. The van der Waals surface area contributed by atoms with Gasteiger partial charge in [-0.25, -0.2) is 0 Å². The predicted molar refractivity (Wildman–Crippen MR) is 59.6 cm³/mol. The van der Waals surface area contributed by atoms with Crippen LogP contribution in [0.25, 0.3) is 0 Å². The average molecular weight is 174 g/mol. The van der Waals surface area contributed by atoms with Gasteiger partial charge in [-0.1, -0.05) is 56.7 Å². The van der Waals surface area contributed by atoms with Crippen LogP contribution in [0.3, 0.4) is 0 Å². The summed E-state index contributed by atoms with van der Waals surface area (Å²) in [6.07, 6.45) is 16.6. The number of rotatable bonds is 1. The first kappa shape index (κ1) is 10.0. The molecule has 0 aromatic rings. The number of hydrogen-bond acceptors (Lipinski definition) is 0. The molecule has 0 bridgehead atoms. The van der Waals surface area contributed by atoms with E-state index in [0.29, 0.717) is 0 Å². The Morgan fingerprint density at radius 2 is 1.31 bits per heavy atom. The second-order valence-electron chi connectivity index (χ2n) is 3.36. The standard InChI is InChI=1S/C10H10.C3H8/c1-2-6-9(5-1)10-7-3-4-8-10;1-3-2/h1-5,7H,6,8H2;3H2,1-2H3. The first-order chi connectivity index (χ1) is 6.38. The van der Waals surface area contributed by atoms with Crippen LogP contribution in [0.15, 0.2) is 47.6 Å². The molecule has 0 atom stereocenters. The van der Waals surface area contributed by atoms with Crippen LogP contribution in [0.2, 0.25) is 0 Å². The van der Waals surface area contributed by atoms with Gasteiger partial charge in [-0.3, -0.25) is 0 Å². The lowest BCUT2D eigenvalue weighted by atomic mass is 10.1. The zero-order valence-electron chi connectivity index (χ0n) is 8.59. The van der Waals surface area contributed by atoms with Gasteiger partial charge in [0.1, 0.15) is 0 Å². The second-order valence-corrected chi connectivity index (χ2v) is 3.36. The molecule has 0 aliphatic heterocycles. The molecule has 0 saturated heterocycles. The monoisotopic (exact) mass is 174 g/mol. The lowest BCUT2D eigenvalue weighted by Crippen LogP contribution is -1.80. The van der Waals surface area contributed by atoms with E-state index in [0.717, 1.165) is 12.8 Å². The third-order valence-electron chi connectivity index (χ3n) is 1.95. The molecule has 2 aliphatic carbocycles. The van der Waals surface area contributed by atoms with Gasteiger partial charge >= 0.3 is 0 Å². The predicted octanol–water partition coefficient (Wildman–Crippen LogP) is 4.18.